The number of ether oxygens (including phenoxy) is 6. The van der Waals surface area contributed by atoms with Gasteiger partial charge in [0.25, 0.3) is 34.9 Å². The van der Waals surface area contributed by atoms with Crippen molar-refractivity contribution >= 4 is 32.3 Å². The summed E-state index contributed by atoms with van der Waals surface area (Å²) in [5.74, 6) is 13.0. The van der Waals surface area contributed by atoms with Gasteiger partial charge in [0.2, 0.25) is 0 Å². The van der Waals surface area contributed by atoms with Crippen LogP contribution in [0.5, 0.6) is 34.5 Å². The number of imidazole rings is 6. The van der Waals surface area contributed by atoms with Crippen LogP contribution in [0.2, 0.25) is 0 Å². The molecule has 768 valence electrons. The molecule has 18 nitrogen and oxygen atoms in total. The van der Waals surface area contributed by atoms with E-state index < -0.39 is 0 Å². The Morgan fingerprint density at radius 1 is 0.152 bits per heavy atom. The highest BCUT2D eigenvalue weighted by Crippen LogP contribution is 2.48. The lowest BCUT2D eigenvalue weighted by molar-refractivity contribution is -0.677. The standard InChI is InChI=1S/C120H198N12O6/c1-103-121(7)79-85-127(103)73-61-49-37-25-13-19-31-43-55-67-91-133-115-97-109-110(98-116(115)134-92-68-56-44-32-20-14-26-38-50-62-74-128-86-80-122(8)104(128)2)112-100-118(136-94-70-58-46-34-22-16-28-40-52-64-76-130-88-82-124(10)106(130)4)120(138-96-72-60-48-36-24-18-30-42-54-66-78-132-90-84-126(12)108(132)6)102-114(112)113-101-119(137-95-71-59-47-35-23-17-29-41-53-65-77-131-89-83-125(11)107(131)5)117(99-111(109)113)135-93-69-57-45-33-21-15-27-39-51-63-75-129-87-81-123(9)105(129)3/h79-90,97-102H,13-78,91-96H2,1-12H3/q+6. The predicted molar refractivity (Wildman–Crippen MR) is 571 cm³/mol. The molecule has 4 aromatic carbocycles. The van der Waals surface area contributed by atoms with Crippen LogP contribution in [0.15, 0.2) is 111 Å². The second kappa shape index (κ2) is 66.5. The lowest BCUT2D eigenvalue weighted by Gasteiger charge is -2.21. The molecule has 0 saturated carbocycles. The Morgan fingerprint density at radius 2 is 0.254 bits per heavy atom. The van der Waals surface area contributed by atoms with E-state index in [9.17, 15) is 0 Å². The van der Waals surface area contributed by atoms with Gasteiger partial charge >= 0.3 is 0 Å². The molecule has 0 spiro atoms. The molecule has 10 aromatic rings. The summed E-state index contributed by atoms with van der Waals surface area (Å²) < 4.78 is 70.7. The zero-order chi connectivity index (χ0) is 97.2. The molecule has 138 heavy (non-hydrogen) atoms. The highest BCUT2D eigenvalue weighted by Gasteiger charge is 2.23. The normalized spacial score (nSPS) is 11.8. The summed E-state index contributed by atoms with van der Waals surface area (Å²) in [7, 11) is 12.9. The molecule has 6 heterocycles. The number of nitrogens with zero attached hydrogens (tertiary/aromatic N) is 12. The van der Waals surface area contributed by atoms with Gasteiger partial charge in [-0.25, -0.2) is 54.8 Å². The molecule has 0 radical (unpaired) electrons. The van der Waals surface area contributed by atoms with Crippen molar-refractivity contribution < 1.29 is 55.8 Å². The summed E-state index contributed by atoms with van der Waals surface area (Å²) in [4.78, 5) is 0. The molecule has 0 amide bonds. The van der Waals surface area contributed by atoms with E-state index in [4.69, 9.17) is 28.4 Å². The van der Waals surface area contributed by atoms with Crippen LogP contribution in [0.3, 0.4) is 0 Å². The summed E-state index contributed by atoms with van der Waals surface area (Å²) in [5, 5.41) is 6.83. The molecular formula is C120H198N12O6+6. The summed E-state index contributed by atoms with van der Waals surface area (Å²) in [6.45, 7) is 23.9. The lowest BCUT2D eigenvalue weighted by Crippen LogP contribution is -2.29. The van der Waals surface area contributed by atoms with E-state index in [1.165, 1.54) is 343 Å². The van der Waals surface area contributed by atoms with Gasteiger partial charge in [0.1, 0.15) is 74.4 Å². The third-order valence-electron chi connectivity index (χ3n) is 30.8. The Bertz CT molecular complexity index is 4130. The van der Waals surface area contributed by atoms with Crippen LogP contribution >= 0.6 is 0 Å². The first-order chi connectivity index (χ1) is 67.6. The smallest absolute Gasteiger partial charge is 0.253 e. The van der Waals surface area contributed by atoms with Gasteiger partial charge < -0.3 is 28.4 Å². The van der Waals surface area contributed by atoms with Crippen LogP contribution in [0, 0.1) is 41.5 Å². The summed E-state index contributed by atoms with van der Waals surface area (Å²) >= 11 is 0. The summed E-state index contributed by atoms with van der Waals surface area (Å²) in [5.41, 5.74) is 0. The van der Waals surface area contributed by atoms with E-state index in [1.54, 1.807) is 0 Å². The molecule has 0 fully saturated rings. The molecule has 18 heteroatoms. The van der Waals surface area contributed by atoms with Crippen molar-refractivity contribution in [3.8, 4) is 34.5 Å². The molecule has 0 saturated heterocycles. The number of rotatable bonds is 84. The van der Waals surface area contributed by atoms with E-state index in [2.05, 4.69) is 249 Å². The van der Waals surface area contributed by atoms with Crippen LogP contribution in [0.1, 0.15) is 420 Å². The minimum Gasteiger partial charge on any atom is -0.490 e. The van der Waals surface area contributed by atoms with Crippen molar-refractivity contribution in [1.29, 1.82) is 0 Å². The second-order valence-electron chi connectivity index (χ2n) is 41.7. The molecular weight excluding hydrogens is 1710 g/mol. The topological polar surface area (TPSA) is 108 Å². The number of hydrogen-bond donors (Lipinski definition) is 0. The van der Waals surface area contributed by atoms with Gasteiger partial charge in [-0.3, -0.25) is 0 Å². The fourth-order valence-corrected chi connectivity index (χ4v) is 20.6. The van der Waals surface area contributed by atoms with Gasteiger partial charge in [0.05, 0.1) is 121 Å². The first-order valence-electron chi connectivity index (χ1n) is 57.0. The van der Waals surface area contributed by atoms with Gasteiger partial charge in [-0.05, 0) is 184 Å². The van der Waals surface area contributed by atoms with Gasteiger partial charge in [-0.1, -0.05) is 270 Å². The maximum atomic E-state index is 7.16. The quantitative estimate of drug-likeness (QED) is 0.0213. The number of aromatic nitrogens is 12. The van der Waals surface area contributed by atoms with Crippen LogP contribution in [0.25, 0.3) is 32.3 Å². The lowest BCUT2D eigenvalue weighted by atomic mass is 9.93. The molecule has 0 aliphatic heterocycles. The van der Waals surface area contributed by atoms with Crippen molar-refractivity contribution in [2.75, 3.05) is 39.6 Å². The van der Waals surface area contributed by atoms with E-state index in [-0.39, 0.29) is 0 Å². The number of aryl methyl sites for hydroxylation is 12. The first-order valence-corrected chi connectivity index (χ1v) is 57.0. The van der Waals surface area contributed by atoms with E-state index in [0.29, 0.717) is 39.6 Å². The number of fused-ring (bicyclic) bond motifs is 6. The zero-order valence-corrected chi connectivity index (χ0v) is 90.1. The largest absolute Gasteiger partial charge is 0.490 e. The molecule has 10 rings (SSSR count). The average molecular weight is 1900 g/mol. The third kappa shape index (κ3) is 40.3. The Balaban J connectivity index is 0.864. The summed E-state index contributed by atoms with van der Waals surface area (Å²) in [6.07, 6.45) is 102. The second-order valence-corrected chi connectivity index (χ2v) is 41.7. The first kappa shape index (κ1) is 112. The molecule has 0 N–H and O–H groups in total. The van der Waals surface area contributed by atoms with Crippen molar-refractivity contribution in [3.05, 3.63) is 146 Å². The van der Waals surface area contributed by atoms with E-state index in [1.807, 2.05) is 0 Å². The van der Waals surface area contributed by atoms with Gasteiger partial charge in [0.15, 0.2) is 34.5 Å². The van der Waals surface area contributed by atoms with Crippen LogP contribution < -0.4 is 55.8 Å². The highest BCUT2D eigenvalue weighted by molar-refractivity contribution is 6.27. The fraction of sp³-hybridized carbons (Fsp3) is 0.700. The Kier molecular flexibility index (Phi) is 53.8. The van der Waals surface area contributed by atoms with E-state index >= 15 is 0 Å². The van der Waals surface area contributed by atoms with Crippen molar-refractivity contribution in [3.63, 3.8) is 0 Å². The van der Waals surface area contributed by atoms with Crippen LogP contribution in [0.4, 0.5) is 0 Å². The van der Waals surface area contributed by atoms with Gasteiger partial charge in [-0.2, -0.15) is 0 Å². The Labute approximate surface area is 838 Å². The van der Waals surface area contributed by atoms with E-state index in [0.717, 1.165) is 183 Å². The number of hydrogen-bond acceptors (Lipinski definition) is 6. The molecule has 0 aliphatic carbocycles. The molecule has 6 aromatic heterocycles. The van der Waals surface area contributed by atoms with Crippen LogP contribution in [-0.2, 0) is 81.6 Å². The maximum absolute atomic E-state index is 7.16. The Hall–Kier alpha value is -8.28. The monoisotopic (exact) mass is 1900 g/mol. The van der Waals surface area contributed by atoms with Crippen molar-refractivity contribution in [2.24, 2.45) is 42.3 Å². The molecule has 0 aliphatic rings. The molecule has 0 unspecified atom stereocenters. The number of benzene rings is 4. The third-order valence-corrected chi connectivity index (χ3v) is 30.8. The maximum Gasteiger partial charge on any atom is 0.253 e. The van der Waals surface area contributed by atoms with Crippen molar-refractivity contribution in [2.45, 2.75) is 466 Å². The highest BCUT2D eigenvalue weighted by atomic mass is 16.5. The SMILES string of the molecule is Cc1n(CCCCCCCCCCCCOc2cc3c4cc(OCCCCCCCCCCCCn5cc[n+](C)c5C)c(OCCCCCCCCCCCCn5cc[n+](C)c5C)cc4c4cc(OCCCCCCCCCCCCn5cc[n+](C)c5C)c(OCCCCCCCCCCCCn5cc[n+](C)c5C)cc4c3cc2OCCCCCCCCCCCCn2cc[n+](C)c2C)cc[n+]1C. The van der Waals surface area contributed by atoms with Crippen LogP contribution in [-0.4, -0.2) is 67.0 Å². The Morgan fingerprint density at radius 3 is 0.355 bits per heavy atom. The molecule has 0 atom stereocenters. The number of unbranched alkanes of at least 4 members (excludes halogenated alkanes) is 54. The van der Waals surface area contributed by atoms with Gasteiger partial charge in [0, 0.05) is 41.5 Å². The minimum absolute atomic E-state index is 0.649. The fourth-order valence-electron chi connectivity index (χ4n) is 20.6. The molecule has 0 bridgehead atoms. The van der Waals surface area contributed by atoms with Gasteiger partial charge in [-0.15, -0.1) is 0 Å². The van der Waals surface area contributed by atoms with Crippen molar-refractivity contribution in [1.82, 2.24) is 27.4 Å². The minimum atomic E-state index is 0.649. The zero-order valence-electron chi connectivity index (χ0n) is 90.1. The summed E-state index contributed by atoms with van der Waals surface area (Å²) in [6, 6.07) is 14.1. The average Bonchev–Trinajstić information content (AvgIpc) is 0.898. The predicted octanol–water partition coefficient (Wildman–Crippen LogP) is 28.6.